The number of azo groups is 1. The van der Waals surface area contributed by atoms with E-state index >= 15 is 0 Å². The second-order valence-electron chi connectivity index (χ2n) is 7.79. The van der Waals surface area contributed by atoms with Crippen LogP contribution in [0.25, 0.3) is 10.9 Å². The zero-order chi connectivity index (χ0) is 20.4. The van der Waals surface area contributed by atoms with Crippen molar-refractivity contribution in [2.45, 2.75) is 45.8 Å². The van der Waals surface area contributed by atoms with Crippen LogP contribution < -0.4 is 0 Å². The highest BCUT2D eigenvalue weighted by Crippen LogP contribution is 2.39. The van der Waals surface area contributed by atoms with Gasteiger partial charge in [-0.15, -0.1) is 10.2 Å². The first-order valence-corrected chi connectivity index (χ1v) is 10.1. The smallest absolute Gasteiger partial charge is 0.295 e. The van der Waals surface area contributed by atoms with Crippen molar-refractivity contribution in [2.75, 3.05) is 6.54 Å². The van der Waals surface area contributed by atoms with Crippen LogP contribution in [0.15, 0.2) is 58.8 Å². The van der Waals surface area contributed by atoms with E-state index in [2.05, 4.69) is 22.1 Å². The molecule has 0 radical (unpaired) electrons. The number of hydrogen-bond acceptors (Lipinski definition) is 4. The minimum absolute atomic E-state index is 0.0458. The van der Waals surface area contributed by atoms with Crippen molar-refractivity contribution in [1.29, 1.82) is 0 Å². The molecule has 1 aliphatic heterocycles. The molecule has 29 heavy (non-hydrogen) atoms. The van der Waals surface area contributed by atoms with Crippen LogP contribution in [-0.2, 0) is 6.67 Å². The SMILES string of the molecule is Cc1ccc(C(=O)N=Nc2c(O)n(CN3CCCC[C@@H]3C)c3ccccc23)cc1. The van der Waals surface area contributed by atoms with Crippen molar-refractivity contribution < 1.29 is 9.90 Å². The summed E-state index contributed by atoms with van der Waals surface area (Å²) in [5.74, 6) is -0.379. The van der Waals surface area contributed by atoms with Gasteiger partial charge in [0, 0.05) is 23.5 Å². The van der Waals surface area contributed by atoms with E-state index in [1.165, 1.54) is 12.8 Å². The van der Waals surface area contributed by atoms with Gasteiger partial charge in [-0.05, 0) is 44.9 Å². The average Bonchev–Trinajstić information content (AvgIpc) is 2.99. The molecule has 0 aliphatic carbocycles. The Balaban J connectivity index is 1.66. The number of nitrogens with zero attached hydrogens (tertiary/aromatic N) is 4. The number of rotatable bonds is 4. The summed E-state index contributed by atoms with van der Waals surface area (Å²) in [6, 6.07) is 15.4. The van der Waals surface area contributed by atoms with E-state index in [4.69, 9.17) is 0 Å². The van der Waals surface area contributed by atoms with E-state index in [-0.39, 0.29) is 5.88 Å². The van der Waals surface area contributed by atoms with Gasteiger partial charge in [0.1, 0.15) is 0 Å². The van der Waals surface area contributed by atoms with Crippen LogP contribution in [0.2, 0.25) is 0 Å². The Morgan fingerprint density at radius 3 is 2.66 bits per heavy atom. The summed E-state index contributed by atoms with van der Waals surface area (Å²) >= 11 is 0. The summed E-state index contributed by atoms with van der Waals surface area (Å²) in [5.41, 5.74) is 2.78. The summed E-state index contributed by atoms with van der Waals surface area (Å²) < 4.78 is 1.86. The number of benzene rings is 2. The summed E-state index contributed by atoms with van der Waals surface area (Å²) in [4.78, 5) is 14.8. The molecule has 150 valence electrons. The summed E-state index contributed by atoms with van der Waals surface area (Å²) in [5, 5.41) is 19.7. The van der Waals surface area contributed by atoms with Gasteiger partial charge in [0.15, 0.2) is 5.69 Å². The number of aryl methyl sites for hydroxylation is 1. The lowest BCUT2D eigenvalue weighted by Crippen LogP contribution is -2.38. The van der Waals surface area contributed by atoms with E-state index in [0.717, 1.165) is 29.4 Å². The van der Waals surface area contributed by atoms with Crippen LogP contribution >= 0.6 is 0 Å². The van der Waals surface area contributed by atoms with Crippen molar-refractivity contribution in [3.8, 4) is 5.88 Å². The van der Waals surface area contributed by atoms with Crippen molar-refractivity contribution in [1.82, 2.24) is 9.47 Å². The Hall–Kier alpha value is -2.99. The zero-order valence-electron chi connectivity index (χ0n) is 16.9. The average molecular weight is 390 g/mol. The summed E-state index contributed by atoms with van der Waals surface area (Å²) in [6.45, 7) is 5.79. The molecule has 4 rings (SSSR count). The maximum absolute atomic E-state index is 12.4. The Morgan fingerprint density at radius 2 is 1.90 bits per heavy atom. The number of fused-ring (bicyclic) bond motifs is 1. The number of carbonyl (C=O) groups is 1. The number of aromatic nitrogens is 1. The third-order valence-corrected chi connectivity index (χ3v) is 5.72. The number of amides is 1. The largest absolute Gasteiger partial charge is 0.493 e. The van der Waals surface area contributed by atoms with Gasteiger partial charge in [0.05, 0.1) is 12.2 Å². The predicted octanol–water partition coefficient (Wildman–Crippen LogP) is 5.41. The lowest BCUT2D eigenvalue weighted by molar-refractivity contribution is 0.0995. The first-order chi connectivity index (χ1) is 14.0. The Kier molecular flexibility index (Phi) is 5.45. The highest BCUT2D eigenvalue weighted by molar-refractivity contribution is 5.97. The van der Waals surface area contributed by atoms with Gasteiger partial charge in [0.2, 0.25) is 5.88 Å². The Morgan fingerprint density at radius 1 is 1.14 bits per heavy atom. The van der Waals surface area contributed by atoms with Crippen LogP contribution in [0.3, 0.4) is 0 Å². The Bertz CT molecular complexity index is 1050. The monoisotopic (exact) mass is 390 g/mol. The highest BCUT2D eigenvalue weighted by atomic mass is 16.3. The van der Waals surface area contributed by atoms with E-state index in [0.29, 0.717) is 24.0 Å². The van der Waals surface area contributed by atoms with Gasteiger partial charge in [-0.2, -0.15) is 0 Å². The first-order valence-electron chi connectivity index (χ1n) is 10.1. The molecule has 0 saturated carbocycles. The van der Waals surface area contributed by atoms with Gasteiger partial charge in [0.25, 0.3) is 5.91 Å². The number of carbonyl (C=O) groups excluding carboxylic acids is 1. The van der Waals surface area contributed by atoms with Crippen LogP contribution in [-0.4, -0.2) is 33.1 Å². The lowest BCUT2D eigenvalue weighted by Gasteiger charge is -2.33. The highest BCUT2D eigenvalue weighted by Gasteiger charge is 2.23. The molecule has 1 saturated heterocycles. The Labute approximate surface area is 170 Å². The molecule has 0 bridgehead atoms. The predicted molar refractivity (Wildman–Crippen MR) is 114 cm³/mol. The number of likely N-dealkylation sites (tertiary alicyclic amines) is 1. The number of piperidine rings is 1. The van der Waals surface area contributed by atoms with Gasteiger partial charge in [-0.3, -0.25) is 14.3 Å². The molecule has 1 atom stereocenters. The molecule has 6 nitrogen and oxygen atoms in total. The van der Waals surface area contributed by atoms with E-state index in [9.17, 15) is 9.90 Å². The fourth-order valence-corrected chi connectivity index (χ4v) is 3.91. The maximum atomic E-state index is 12.4. The fraction of sp³-hybridized carbons (Fsp3) is 0.348. The van der Waals surface area contributed by atoms with Gasteiger partial charge < -0.3 is 5.11 Å². The van der Waals surface area contributed by atoms with E-state index < -0.39 is 5.91 Å². The van der Waals surface area contributed by atoms with Gasteiger partial charge in [-0.25, -0.2) is 0 Å². The topological polar surface area (TPSA) is 70.2 Å². The molecule has 1 aliphatic rings. The van der Waals surface area contributed by atoms with Crippen LogP contribution in [0, 0.1) is 6.92 Å². The molecule has 2 aromatic carbocycles. The molecular formula is C23H26N4O2. The van der Waals surface area contributed by atoms with Gasteiger partial charge >= 0.3 is 0 Å². The molecular weight excluding hydrogens is 364 g/mol. The minimum Gasteiger partial charge on any atom is -0.493 e. The van der Waals surface area contributed by atoms with Crippen LogP contribution in [0.5, 0.6) is 5.88 Å². The van der Waals surface area contributed by atoms with Crippen molar-refractivity contribution in [2.24, 2.45) is 10.2 Å². The molecule has 0 spiro atoms. The minimum atomic E-state index is -0.425. The quantitative estimate of drug-likeness (QED) is 0.605. The molecule has 6 heteroatoms. The molecule has 1 aromatic heterocycles. The van der Waals surface area contributed by atoms with Crippen LogP contribution in [0.1, 0.15) is 42.1 Å². The summed E-state index contributed by atoms with van der Waals surface area (Å²) in [6.07, 6.45) is 3.58. The third-order valence-electron chi connectivity index (χ3n) is 5.72. The molecule has 0 unspecified atom stereocenters. The van der Waals surface area contributed by atoms with Crippen molar-refractivity contribution in [3.63, 3.8) is 0 Å². The number of para-hydroxylation sites is 1. The second-order valence-corrected chi connectivity index (χ2v) is 7.79. The molecule has 1 N–H and O–H groups in total. The number of aromatic hydroxyl groups is 1. The first kappa shape index (κ1) is 19.3. The third kappa shape index (κ3) is 3.93. The van der Waals surface area contributed by atoms with Gasteiger partial charge in [-0.1, -0.05) is 42.3 Å². The second kappa shape index (κ2) is 8.17. The van der Waals surface area contributed by atoms with E-state index in [1.807, 2.05) is 47.9 Å². The normalized spacial score (nSPS) is 17.9. The zero-order valence-corrected chi connectivity index (χ0v) is 16.9. The maximum Gasteiger partial charge on any atom is 0.295 e. The van der Waals surface area contributed by atoms with E-state index in [1.54, 1.807) is 12.1 Å². The molecule has 1 amide bonds. The lowest BCUT2D eigenvalue weighted by atomic mass is 10.0. The summed E-state index contributed by atoms with van der Waals surface area (Å²) in [7, 11) is 0. The number of hydrogen-bond donors (Lipinski definition) is 1. The van der Waals surface area contributed by atoms with Crippen LogP contribution in [0.4, 0.5) is 5.69 Å². The molecule has 2 heterocycles. The van der Waals surface area contributed by atoms with Crippen molar-refractivity contribution >= 4 is 22.5 Å². The fourth-order valence-electron chi connectivity index (χ4n) is 3.91. The molecule has 1 fully saturated rings. The standard InChI is InChI=1S/C23H26N4O2/c1-16-10-12-18(13-11-16)22(28)25-24-21-19-8-3-4-9-20(19)27(23(21)29)15-26-14-6-5-7-17(26)2/h3-4,8-13,17,29H,5-7,14-15H2,1-2H3/t17-/m0/s1. The van der Waals surface area contributed by atoms with Crippen molar-refractivity contribution in [3.05, 3.63) is 59.7 Å². The molecule has 3 aromatic rings.